The molecule has 2 aromatic rings. The van der Waals surface area contributed by atoms with Crippen LogP contribution in [0.2, 0.25) is 0 Å². The summed E-state index contributed by atoms with van der Waals surface area (Å²) in [5.74, 6) is 0. The van der Waals surface area contributed by atoms with Crippen LogP contribution in [0.4, 0.5) is 10.5 Å². The summed E-state index contributed by atoms with van der Waals surface area (Å²) >= 11 is 1.68. The van der Waals surface area contributed by atoms with E-state index >= 15 is 0 Å². The number of urea groups is 1. The molecule has 1 atom stereocenters. The monoisotopic (exact) mass is 302 g/mol. The second kappa shape index (κ2) is 6.28. The maximum Gasteiger partial charge on any atom is 0.321 e. The lowest BCUT2D eigenvalue weighted by molar-refractivity contribution is 0.0883. The summed E-state index contributed by atoms with van der Waals surface area (Å²) in [6.07, 6.45) is 1.23. The molecule has 5 heteroatoms. The van der Waals surface area contributed by atoms with Crippen molar-refractivity contribution in [1.82, 2.24) is 4.90 Å². The normalized spacial score (nSPS) is 18.5. The Hall–Kier alpha value is -1.85. The molecule has 0 saturated carbocycles. The van der Waals surface area contributed by atoms with Crippen molar-refractivity contribution in [3.8, 4) is 10.4 Å². The third kappa shape index (κ3) is 3.43. The first-order chi connectivity index (χ1) is 10.2. The quantitative estimate of drug-likeness (QED) is 0.893. The summed E-state index contributed by atoms with van der Waals surface area (Å²) in [4.78, 5) is 15.1. The number of anilines is 1. The molecule has 1 aromatic carbocycles. The van der Waals surface area contributed by atoms with Crippen LogP contribution in [0, 0.1) is 0 Å². The highest BCUT2D eigenvalue weighted by molar-refractivity contribution is 7.13. The number of aliphatic hydroxyl groups excluding tert-OH is 1. The summed E-state index contributed by atoms with van der Waals surface area (Å²) in [5.41, 5.74) is 1.88. The van der Waals surface area contributed by atoms with Gasteiger partial charge in [0.1, 0.15) is 0 Å². The van der Waals surface area contributed by atoms with E-state index < -0.39 is 6.10 Å². The molecule has 1 saturated heterocycles. The number of likely N-dealkylation sites (tertiary alicyclic amines) is 1. The number of benzene rings is 1. The molecule has 0 bridgehead atoms. The van der Waals surface area contributed by atoms with Crippen molar-refractivity contribution in [3.63, 3.8) is 0 Å². The number of carbonyl (C=O) groups is 1. The average Bonchev–Trinajstić information content (AvgIpc) is 3.02. The zero-order chi connectivity index (χ0) is 14.7. The first-order valence-electron chi connectivity index (χ1n) is 7.10. The van der Waals surface area contributed by atoms with Gasteiger partial charge in [0.05, 0.1) is 6.10 Å². The molecule has 2 N–H and O–H groups in total. The van der Waals surface area contributed by atoms with E-state index in [1.165, 1.54) is 4.88 Å². The largest absolute Gasteiger partial charge is 0.391 e. The van der Waals surface area contributed by atoms with Crippen LogP contribution >= 0.6 is 11.3 Å². The van der Waals surface area contributed by atoms with Crippen LogP contribution in [-0.4, -0.2) is 35.2 Å². The molecule has 21 heavy (non-hydrogen) atoms. The highest BCUT2D eigenvalue weighted by Gasteiger charge is 2.21. The van der Waals surface area contributed by atoms with Gasteiger partial charge in [-0.15, -0.1) is 11.3 Å². The third-order valence-corrected chi connectivity index (χ3v) is 4.52. The molecule has 1 aliphatic rings. The van der Waals surface area contributed by atoms with Crippen LogP contribution in [-0.2, 0) is 0 Å². The van der Waals surface area contributed by atoms with Crippen molar-refractivity contribution in [1.29, 1.82) is 0 Å². The van der Waals surface area contributed by atoms with Gasteiger partial charge in [-0.2, -0.15) is 0 Å². The van der Waals surface area contributed by atoms with Crippen molar-refractivity contribution in [2.45, 2.75) is 18.9 Å². The predicted octanol–water partition coefficient (Wildman–Crippen LogP) is 3.40. The average molecular weight is 302 g/mol. The summed E-state index contributed by atoms with van der Waals surface area (Å²) in [7, 11) is 0. The van der Waals surface area contributed by atoms with E-state index in [2.05, 4.69) is 11.4 Å². The number of amides is 2. The van der Waals surface area contributed by atoms with Crippen LogP contribution in [0.5, 0.6) is 0 Å². The lowest BCUT2D eigenvalue weighted by Gasteiger charge is -2.30. The Morgan fingerprint density at radius 1 is 1.33 bits per heavy atom. The SMILES string of the molecule is O=C(Nc1cccc(-c2cccs2)c1)N1CCC[C@H](O)C1. The molecule has 1 aromatic heterocycles. The molecule has 110 valence electrons. The lowest BCUT2D eigenvalue weighted by atomic mass is 10.1. The molecule has 1 fully saturated rings. The number of rotatable bonds is 2. The van der Waals surface area contributed by atoms with E-state index in [9.17, 15) is 9.90 Å². The van der Waals surface area contributed by atoms with Gasteiger partial charge in [0, 0.05) is 23.7 Å². The Labute approximate surface area is 128 Å². The number of carbonyl (C=O) groups excluding carboxylic acids is 1. The van der Waals surface area contributed by atoms with Gasteiger partial charge in [0.15, 0.2) is 0 Å². The minimum Gasteiger partial charge on any atom is -0.391 e. The molecule has 1 aliphatic heterocycles. The van der Waals surface area contributed by atoms with E-state index in [0.29, 0.717) is 13.1 Å². The van der Waals surface area contributed by atoms with Crippen molar-refractivity contribution < 1.29 is 9.90 Å². The predicted molar refractivity (Wildman–Crippen MR) is 85.6 cm³/mol. The summed E-state index contributed by atoms with van der Waals surface area (Å²) < 4.78 is 0. The summed E-state index contributed by atoms with van der Waals surface area (Å²) in [6.45, 7) is 1.12. The maximum absolute atomic E-state index is 12.2. The van der Waals surface area contributed by atoms with Crippen LogP contribution < -0.4 is 5.32 Å². The number of thiophene rings is 1. The molecule has 0 spiro atoms. The fraction of sp³-hybridized carbons (Fsp3) is 0.312. The molecule has 3 rings (SSSR count). The first-order valence-corrected chi connectivity index (χ1v) is 7.98. The van der Waals surface area contributed by atoms with Crippen LogP contribution in [0.15, 0.2) is 41.8 Å². The van der Waals surface area contributed by atoms with Crippen LogP contribution in [0.3, 0.4) is 0 Å². The molecule has 2 heterocycles. The number of nitrogens with zero attached hydrogens (tertiary/aromatic N) is 1. The molecule has 4 nitrogen and oxygen atoms in total. The minimum absolute atomic E-state index is 0.142. The first kappa shape index (κ1) is 14.1. The van der Waals surface area contributed by atoms with Crippen LogP contribution in [0.1, 0.15) is 12.8 Å². The number of β-amino-alcohol motifs (C(OH)–C–C–N with tert-alkyl or cyclic N) is 1. The molecular weight excluding hydrogens is 284 g/mol. The summed E-state index contributed by atoms with van der Waals surface area (Å²) in [6, 6.07) is 11.8. The smallest absolute Gasteiger partial charge is 0.321 e. The van der Waals surface area contributed by atoms with Gasteiger partial charge in [-0.3, -0.25) is 0 Å². The Kier molecular flexibility index (Phi) is 4.22. The van der Waals surface area contributed by atoms with Crippen molar-refractivity contribution in [2.75, 3.05) is 18.4 Å². The Morgan fingerprint density at radius 3 is 3.00 bits per heavy atom. The third-order valence-electron chi connectivity index (χ3n) is 3.60. The highest BCUT2D eigenvalue weighted by atomic mass is 32.1. The summed E-state index contributed by atoms with van der Waals surface area (Å²) in [5, 5.41) is 14.6. The number of hydrogen-bond donors (Lipinski definition) is 2. The number of aliphatic hydroxyl groups is 1. The van der Waals surface area contributed by atoms with Gasteiger partial charge >= 0.3 is 6.03 Å². The number of nitrogens with one attached hydrogen (secondary N) is 1. The van der Waals surface area contributed by atoms with Gasteiger partial charge in [0.2, 0.25) is 0 Å². The van der Waals surface area contributed by atoms with E-state index in [-0.39, 0.29) is 6.03 Å². The maximum atomic E-state index is 12.2. The fourth-order valence-electron chi connectivity index (χ4n) is 2.53. The topological polar surface area (TPSA) is 52.6 Å². The molecule has 0 radical (unpaired) electrons. The van der Waals surface area contributed by atoms with Gasteiger partial charge in [-0.1, -0.05) is 18.2 Å². The minimum atomic E-state index is -0.401. The molecular formula is C16H18N2O2S. The molecule has 2 amide bonds. The fourth-order valence-corrected chi connectivity index (χ4v) is 3.26. The Morgan fingerprint density at radius 2 is 2.24 bits per heavy atom. The number of piperidine rings is 1. The molecule has 0 unspecified atom stereocenters. The second-order valence-electron chi connectivity index (χ2n) is 5.23. The lowest BCUT2D eigenvalue weighted by Crippen LogP contribution is -2.44. The zero-order valence-electron chi connectivity index (χ0n) is 11.7. The van der Waals surface area contributed by atoms with Gasteiger partial charge in [-0.25, -0.2) is 4.79 Å². The zero-order valence-corrected chi connectivity index (χ0v) is 12.5. The second-order valence-corrected chi connectivity index (χ2v) is 6.18. The van der Waals surface area contributed by atoms with Crippen molar-refractivity contribution >= 4 is 23.1 Å². The van der Waals surface area contributed by atoms with Gasteiger partial charge < -0.3 is 15.3 Å². The molecule has 0 aliphatic carbocycles. The van der Waals surface area contributed by atoms with Gasteiger partial charge in [-0.05, 0) is 42.0 Å². The van der Waals surface area contributed by atoms with Crippen molar-refractivity contribution in [2.24, 2.45) is 0 Å². The van der Waals surface area contributed by atoms with E-state index in [1.54, 1.807) is 16.2 Å². The van der Waals surface area contributed by atoms with Crippen LogP contribution in [0.25, 0.3) is 10.4 Å². The van der Waals surface area contributed by atoms with E-state index in [1.807, 2.05) is 35.7 Å². The van der Waals surface area contributed by atoms with Gasteiger partial charge in [0.25, 0.3) is 0 Å². The Bertz CT molecular complexity index is 612. The highest BCUT2D eigenvalue weighted by Crippen LogP contribution is 2.27. The standard InChI is InChI=1S/C16H18N2O2S/c19-14-6-2-8-18(11-14)16(20)17-13-5-1-4-12(10-13)15-7-3-9-21-15/h1,3-5,7,9-10,14,19H,2,6,8,11H2,(H,17,20)/t14-/m0/s1. The van der Waals surface area contributed by atoms with E-state index in [4.69, 9.17) is 0 Å². The van der Waals surface area contributed by atoms with E-state index in [0.717, 1.165) is 24.1 Å². The van der Waals surface area contributed by atoms with Crippen molar-refractivity contribution in [3.05, 3.63) is 41.8 Å². The Balaban J connectivity index is 1.70. The number of hydrogen-bond acceptors (Lipinski definition) is 3.